The molecule has 3 rings (SSSR count). The van der Waals surface area contributed by atoms with Crippen molar-refractivity contribution < 1.29 is 4.43 Å². The SMILES string of the molecule is C[Si](C)(C)Oc1ccc([C@@H](C2CCC2)N2CCNCC2)cc1. The van der Waals surface area contributed by atoms with E-state index >= 15 is 0 Å². The van der Waals surface area contributed by atoms with Gasteiger partial charge in [-0.15, -0.1) is 0 Å². The normalized spacial score (nSPS) is 22.1. The lowest BCUT2D eigenvalue weighted by Gasteiger charge is -2.43. The van der Waals surface area contributed by atoms with Crippen molar-refractivity contribution >= 4 is 8.32 Å². The van der Waals surface area contributed by atoms with Crippen LogP contribution in [-0.2, 0) is 0 Å². The monoisotopic (exact) mass is 318 g/mol. The van der Waals surface area contributed by atoms with Gasteiger partial charge in [-0.2, -0.15) is 0 Å². The number of nitrogens with zero attached hydrogens (tertiary/aromatic N) is 1. The van der Waals surface area contributed by atoms with Crippen molar-refractivity contribution in [3.63, 3.8) is 0 Å². The van der Waals surface area contributed by atoms with Crippen LogP contribution >= 0.6 is 0 Å². The molecule has 0 aromatic heterocycles. The van der Waals surface area contributed by atoms with Crippen LogP contribution in [0.5, 0.6) is 5.75 Å². The van der Waals surface area contributed by atoms with Gasteiger partial charge in [-0.3, -0.25) is 4.90 Å². The first kappa shape index (κ1) is 16.0. The number of benzene rings is 1. The lowest BCUT2D eigenvalue weighted by molar-refractivity contribution is 0.0837. The van der Waals surface area contributed by atoms with E-state index in [1.54, 1.807) is 0 Å². The standard InChI is InChI=1S/C18H30N2OSi/c1-22(2,3)21-17-9-7-16(8-10-17)18(15-5-4-6-15)20-13-11-19-12-14-20/h7-10,15,18-19H,4-6,11-14H2,1-3H3/t18-/m1/s1. The van der Waals surface area contributed by atoms with Crippen molar-refractivity contribution in [1.82, 2.24) is 10.2 Å². The Hall–Kier alpha value is -0.843. The minimum Gasteiger partial charge on any atom is -0.544 e. The molecule has 3 nitrogen and oxygen atoms in total. The van der Waals surface area contributed by atoms with Crippen molar-refractivity contribution in [3.05, 3.63) is 29.8 Å². The lowest BCUT2D eigenvalue weighted by atomic mass is 9.76. The Morgan fingerprint density at radius 1 is 1.09 bits per heavy atom. The molecular formula is C18H30N2OSi. The second-order valence-corrected chi connectivity index (χ2v) is 12.1. The summed E-state index contributed by atoms with van der Waals surface area (Å²) in [6.07, 6.45) is 4.19. The van der Waals surface area contributed by atoms with E-state index in [0.29, 0.717) is 6.04 Å². The molecule has 0 unspecified atom stereocenters. The molecule has 2 fully saturated rings. The van der Waals surface area contributed by atoms with Crippen LogP contribution in [0.1, 0.15) is 30.9 Å². The zero-order valence-corrected chi connectivity index (χ0v) is 15.3. The van der Waals surface area contributed by atoms with Crippen LogP contribution in [-0.4, -0.2) is 39.4 Å². The fourth-order valence-electron chi connectivity index (χ4n) is 3.58. The average Bonchev–Trinajstić information content (AvgIpc) is 2.43. The lowest BCUT2D eigenvalue weighted by Crippen LogP contribution is -2.47. The Kier molecular flexibility index (Phi) is 4.90. The maximum absolute atomic E-state index is 6.10. The molecular weight excluding hydrogens is 288 g/mol. The van der Waals surface area contributed by atoms with E-state index in [0.717, 1.165) is 24.8 Å². The highest BCUT2D eigenvalue weighted by molar-refractivity contribution is 6.70. The molecule has 1 aliphatic heterocycles. The van der Waals surface area contributed by atoms with Gasteiger partial charge in [-0.25, -0.2) is 0 Å². The van der Waals surface area contributed by atoms with E-state index < -0.39 is 8.32 Å². The summed E-state index contributed by atoms with van der Waals surface area (Å²) in [6, 6.07) is 9.58. The topological polar surface area (TPSA) is 24.5 Å². The van der Waals surface area contributed by atoms with Crippen LogP contribution in [0.25, 0.3) is 0 Å². The maximum atomic E-state index is 6.10. The third kappa shape index (κ3) is 3.92. The number of nitrogens with one attached hydrogen (secondary N) is 1. The van der Waals surface area contributed by atoms with Gasteiger partial charge in [-0.1, -0.05) is 18.6 Å². The molecule has 22 heavy (non-hydrogen) atoms. The molecule has 1 aromatic rings. The first-order valence-electron chi connectivity index (χ1n) is 8.77. The summed E-state index contributed by atoms with van der Waals surface area (Å²) in [4.78, 5) is 2.69. The van der Waals surface area contributed by atoms with E-state index in [4.69, 9.17) is 4.43 Å². The summed E-state index contributed by atoms with van der Waals surface area (Å²) in [6.45, 7) is 11.3. The molecule has 1 aliphatic carbocycles. The van der Waals surface area contributed by atoms with Gasteiger partial charge in [0.05, 0.1) is 0 Å². The summed E-state index contributed by atoms with van der Waals surface area (Å²) in [7, 11) is -1.51. The molecule has 0 amide bonds. The van der Waals surface area contributed by atoms with Gasteiger partial charge in [-0.05, 0) is 56.1 Å². The smallest absolute Gasteiger partial charge is 0.242 e. The molecule has 1 aromatic carbocycles. The molecule has 0 spiro atoms. The molecule has 2 aliphatic rings. The minimum atomic E-state index is -1.51. The third-order valence-corrected chi connectivity index (χ3v) is 5.64. The highest BCUT2D eigenvalue weighted by Gasteiger charge is 2.33. The molecule has 1 saturated heterocycles. The fourth-order valence-corrected chi connectivity index (χ4v) is 4.43. The average molecular weight is 319 g/mol. The molecule has 1 N–H and O–H groups in total. The van der Waals surface area contributed by atoms with E-state index in [1.807, 2.05) is 0 Å². The van der Waals surface area contributed by atoms with Gasteiger partial charge in [0, 0.05) is 32.2 Å². The van der Waals surface area contributed by atoms with Crippen LogP contribution in [0.4, 0.5) is 0 Å². The predicted octanol–water partition coefficient (Wildman–Crippen LogP) is 3.65. The number of rotatable bonds is 5. The molecule has 1 heterocycles. The Balaban J connectivity index is 1.75. The maximum Gasteiger partial charge on any atom is 0.242 e. The van der Waals surface area contributed by atoms with Crippen molar-refractivity contribution in [2.75, 3.05) is 26.2 Å². The van der Waals surface area contributed by atoms with Crippen molar-refractivity contribution in [2.45, 2.75) is 44.9 Å². The zero-order valence-electron chi connectivity index (χ0n) is 14.3. The Morgan fingerprint density at radius 3 is 2.23 bits per heavy atom. The summed E-state index contributed by atoms with van der Waals surface area (Å²) in [5.74, 6) is 1.89. The summed E-state index contributed by atoms with van der Waals surface area (Å²) in [5, 5.41) is 3.47. The van der Waals surface area contributed by atoms with E-state index in [2.05, 4.69) is 54.1 Å². The first-order chi connectivity index (χ1) is 10.5. The van der Waals surface area contributed by atoms with Crippen molar-refractivity contribution in [3.8, 4) is 5.75 Å². The third-order valence-electron chi connectivity index (χ3n) is 4.79. The molecule has 0 bridgehead atoms. The van der Waals surface area contributed by atoms with Crippen molar-refractivity contribution in [2.24, 2.45) is 5.92 Å². The highest BCUT2D eigenvalue weighted by atomic mass is 28.4. The van der Waals surface area contributed by atoms with Gasteiger partial charge in [0.25, 0.3) is 0 Å². The number of hydrogen-bond donors (Lipinski definition) is 1. The second kappa shape index (κ2) is 6.73. The minimum absolute atomic E-state index is 0.608. The number of hydrogen-bond acceptors (Lipinski definition) is 3. The predicted molar refractivity (Wildman–Crippen MR) is 94.9 cm³/mol. The second-order valence-electron chi connectivity index (χ2n) is 7.71. The quantitative estimate of drug-likeness (QED) is 0.839. The van der Waals surface area contributed by atoms with Gasteiger partial charge in [0.2, 0.25) is 8.32 Å². The van der Waals surface area contributed by atoms with E-state index in [-0.39, 0.29) is 0 Å². The van der Waals surface area contributed by atoms with Crippen molar-refractivity contribution in [1.29, 1.82) is 0 Å². The van der Waals surface area contributed by atoms with Crippen LogP contribution < -0.4 is 9.74 Å². The van der Waals surface area contributed by atoms with E-state index in [9.17, 15) is 0 Å². The fraction of sp³-hybridized carbons (Fsp3) is 0.667. The Morgan fingerprint density at radius 2 is 1.73 bits per heavy atom. The van der Waals surface area contributed by atoms with Crippen LogP contribution in [0.3, 0.4) is 0 Å². The number of piperazine rings is 1. The van der Waals surface area contributed by atoms with Gasteiger partial charge in [0.1, 0.15) is 5.75 Å². The Bertz CT molecular complexity index is 473. The summed E-state index contributed by atoms with van der Waals surface area (Å²) >= 11 is 0. The van der Waals surface area contributed by atoms with Gasteiger partial charge >= 0.3 is 0 Å². The van der Waals surface area contributed by atoms with Crippen LogP contribution in [0, 0.1) is 5.92 Å². The molecule has 0 radical (unpaired) electrons. The van der Waals surface area contributed by atoms with Crippen LogP contribution in [0.15, 0.2) is 24.3 Å². The molecule has 122 valence electrons. The van der Waals surface area contributed by atoms with Gasteiger partial charge < -0.3 is 9.74 Å². The molecule has 4 heteroatoms. The molecule has 1 atom stereocenters. The Labute approximate surface area is 136 Å². The first-order valence-corrected chi connectivity index (χ1v) is 12.2. The summed E-state index contributed by atoms with van der Waals surface area (Å²) < 4.78 is 6.10. The van der Waals surface area contributed by atoms with Crippen LogP contribution in [0.2, 0.25) is 19.6 Å². The van der Waals surface area contributed by atoms with Gasteiger partial charge in [0.15, 0.2) is 0 Å². The largest absolute Gasteiger partial charge is 0.544 e. The van der Waals surface area contributed by atoms with E-state index in [1.165, 1.54) is 37.9 Å². The summed E-state index contributed by atoms with van der Waals surface area (Å²) in [5.41, 5.74) is 1.48. The zero-order chi connectivity index (χ0) is 15.6. The molecule has 1 saturated carbocycles. The highest BCUT2D eigenvalue weighted by Crippen LogP contribution is 2.41.